The average molecular weight is 442 g/mol. The third kappa shape index (κ3) is 5.30. The first-order chi connectivity index (χ1) is 15.5. The van der Waals surface area contributed by atoms with Crippen molar-refractivity contribution in [3.63, 3.8) is 0 Å². The van der Waals surface area contributed by atoms with Crippen LogP contribution in [0.15, 0.2) is 47.1 Å². The number of nitrogens with one attached hydrogen (secondary N) is 1. The number of amides is 3. The van der Waals surface area contributed by atoms with Gasteiger partial charge in [0, 0.05) is 31.7 Å². The Hall–Kier alpha value is -3.29. The van der Waals surface area contributed by atoms with E-state index in [4.69, 9.17) is 9.15 Å². The van der Waals surface area contributed by atoms with Crippen LogP contribution in [-0.2, 0) is 4.79 Å². The molecule has 8 heteroatoms. The summed E-state index contributed by atoms with van der Waals surface area (Å²) in [7, 11) is 1.57. The van der Waals surface area contributed by atoms with Crippen molar-refractivity contribution in [2.75, 3.05) is 33.3 Å². The van der Waals surface area contributed by atoms with Gasteiger partial charge < -0.3 is 24.3 Å². The quantitative estimate of drug-likeness (QED) is 0.680. The molecule has 3 rings (SSSR count). The topological polar surface area (TPSA) is 92.1 Å². The van der Waals surface area contributed by atoms with Crippen LogP contribution in [0.2, 0.25) is 0 Å². The molecule has 1 atom stereocenters. The average Bonchev–Trinajstić information content (AvgIpc) is 3.38. The Bertz CT molecular complexity index is 898. The number of likely N-dealkylation sites (tertiary alicyclic amines) is 1. The lowest BCUT2D eigenvalue weighted by molar-refractivity contribution is -0.134. The normalized spacial score (nSPS) is 15.2. The van der Waals surface area contributed by atoms with Gasteiger partial charge in [0.1, 0.15) is 11.8 Å². The zero-order valence-electron chi connectivity index (χ0n) is 18.9. The second kappa shape index (κ2) is 10.8. The van der Waals surface area contributed by atoms with Gasteiger partial charge in [0.05, 0.1) is 13.4 Å². The molecule has 1 saturated heterocycles. The fourth-order valence-electron chi connectivity index (χ4n) is 4.07. The molecule has 8 nitrogen and oxygen atoms in total. The van der Waals surface area contributed by atoms with E-state index in [9.17, 15) is 14.4 Å². The smallest absolute Gasteiger partial charge is 0.289 e. The second-order valence-electron chi connectivity index (χ2n) is 7.80. The van der Waals surface area contributed by atoms with Crippen LogP contribution >= 0.6 is 0 Å². The van der Waals surface area contributed by atoms with E-state index in [1.165, 1.54) is 6.26 Å². The van der Waals surface area contributed by atoms with Gasteiger partial charge in [-0.1, -0.05) is 0 Å². The molecule has 1 fully saturated rings. The maximum Gasteiger partial charge on any atom is 0.289 e. The fraction of sp³-hybridized carbons (Fsp3) is 0.458. The lowest BCUT2D eigenvalue weighted by atomic mass is 9.88. The number of rotatable bonds is 8. The van der Waals surface area contributed by atoms with Crippen molar-refractivity contribution >= 4 is 17.7 Å². The van der Waals surface area contributed by atoms with Crippen molar-refractivity contribution in [2.45, 2.75) is 32.7 Å². The summed E-state index contributed by atoms with van der Waals surface area (Å²) < 4.78 is 10.4. The van der Waals surface area contributed by atoms with Crippen LogP contribution in [-0.4, -0.2) is 66.9 Å². The van der Waals surface area contributed by atoms with Crippen molar-refractivity contribution in [2.24, 2.45) is 5.92 Å². The summed E-state index contributed by atoms with van der Waals surface area (Å²) in [6.45, 7) is 6.00. The highest BCUT2D eigenvalue weighted by atomic mass is 16.5. The van der Waals surface area contributed by atoms with Gasteiger partial charge in [-0.15, -0.1) is 0 Å². The third-order valence-electron chi connectivity index (χ3n) is 6.01. The highest BCUT2D eigenvalue weighted by Crippen LogP contribution is 2.24. The molecule has 1 aromatic heterocycles. The monoisotopic (exact) mass is 441 g/mol. The number of piperidine rings is 1. The molecule has 1 aromatic carbocycles. The van der Waals surface area contributed by atoms with Crippen molar-refractivity contribution in [3.05, 3.63) is 54.0 Å². The Labute approximate surface area is 188 Å². The molecule has 172 valence electrons. The fourth-order valence-corrected chi connectivity index (χ4v) is 4.07. The Morgan fingerprint density at radius 2 is 1.78 bits per heavy atom. The molecule has 0 radical (unpaired) electrons. The molecule has 0 aliphatic carbocycles. The SMILES string of the molecule is CCN(CC)C(=O)C(NC(=O)c1ccc(OC)cc1)C1CCN(C(=O)c2ccco2)CC1. The van der Waals surface area contributed by atoms with Gasteiger partial charge >= 0.3 is 0 Å². The number of furan rings is 1. The van der Waals surface area contributed by atoms with Gasteiger partial charge in [-0.2, -0.15) is 0 Å². The van der Waals surface area contributed by atoms with E-state index in [1.54, 1.807) is 53.3 Å². The third-order valence-corrected chi connectivity index (χ3v) is 6.01. The minimum absolute atomic E-state index is 0.0639. The molecular formula is C24H31N3O5. The Morgan fingerprint density at radius 1 is 1.12 bits per heavy atom. The van der Waals surface area contributed by atoms with E-state index in [0.29, 0.717) is 56.1 Å². The summed E-state index contributed by atoms with van der Waals surface area (Å²) in [6.07, 6.45) is 2.72. The molecule has 0 spiro atoms. The maximum atomic E-state index is 13.3. The van der Waals surface area contributed by atoms with Crippen molar-refractivity contribution in [1.82, 2.24) is 15.1 Å². The number of nitrogens with zero attached hydrogens (tertiary/aromatic N) is 2. The second-order valence-corrected chi connectivity index (χ2v) is 7.80. The van der Waals surface area contributed by atoms with Crippen molar-refractivity contribution < 1.29 is 23.5 Å². The minimum Gasteiger partial charge on any atom is -0.497 e. The summed E-state index contributed by atoms with van der Waals surface area (Å²) >= 11 is 0. The summed E-state index contributed by atoms with van der Waals surface area (Å²) in [6, 6.07) is 9.48. The number of hydrogen-bond acceptors (Lipinski definition) is 5. The van der Waals surface area contributed by atoms with E-state index < -0.39 is 6.04 Å². The molecule has 32 heavy (non-hydrogen) atoms. The standard InChI is InChI=1S/C24H31N3O5/c1-4-26(5-2)24(30)21(25-22(28)18-8-10-19(31-3)11-9-18)17-12-14-27(15-13-17)23(29)20-7-6-16-32-20/h6-11,16-17,21H,4-5,12-15H2,1-3H3,(H,25,28). The number of likely N-dealkylation sites (N-methyl/N-ethyl adjacent to an activating group) is 1. The predicted molar refractivity (Wildman–Crippen MR) is 120 cm³/mol. The van der Waals surface area contributed by atoms with Gasteiger partial charge in [0.15, 0.2) is 5.76 Å². The zero-order chi connectivity index (χ0) is 23.1. The number of ether oxygens (including phenoxy) is 1. The van der Waals surface area contributed by atoms with E-state index >= 15 is 0 Å². The Kier molecular flexibility index (Phi) is 7.92. The number of methoxy groups -OCH3 is 1. The van der Waals surface area contributed by atoms with E-state index in [0.717, 1.165) is 0 Å². The summed E-state index contributed by atoms with van der Waals surface area (Å²) in [5.74, 6) is 0.367. The molecule has 2 aromatic rings. The zero-order valence-corrected chi connectivity index (χ0v) is 18.9. The van der Waals surface area contributed by atoms with Gasteiger partial charge in [-0.25, -0.2) is 0 Å². The number of benzene rings is 1. The summed E-state index contributed by atoms with van der Waals surface area (Å²) in [5.41, 5.74) is 0.466. The van der Waals surface area contributed by atoms with Gasteiger partial charge in [0.25, 0.3) is 11.8 Å². The van der Waals surface area contributed by atoms with Crippen LogP contribution in [0.5, 0.6) is 5.75 Å². The predicted octanol–water partition coefficient (Wildman–Crippen LogP) is 2.81. The van der Waals surface area contributed by atoms with Gasteiger partial charge in [-0.05, 0) is 69.0 Å². The van der Waals surface area contributed by atoms with Crippen LogP contribution in [0.1, 0.15) is 47.6 Å². The molecule has 0 bridgehead atoms. The Balaban J connectivity index is 1.72. The summed E-state index contributed by atoms with van der Waals surface area (Å²) in [5, 5.41) is 2.97. The van der Waals surface area contributed by atoms with E-state index in [2.05, 4.69) is 5.32 Å². The van der Waals surface area contributed by atoms with Crippen molar-refractivity contribution in [1.29, 1.82) is 0 Å². The first kappa shape index (κ1) is 23.4. The van der Waals surface area contributed by atoms with Crippen LogP contribution in [0.25, 0.3) is 0 Å². The molecule has 1 N–H and O–H groups in total. The van der Waals surface area contributed by atoms with Crippen molar-refractivity contribution in [3.8, 4) is 5.75 Å². The first-order valence-corrected chi connectivity index (χ1v) is 11.0. The lowest BCUT2D eigenvalue weighted by Gasteiger charge is -2.37. The molecule has 1 aliphatic heterocycles. The van der Waals surface area contributed by atoms with Crippen LogP contribution in [0.4, 0.5) is 0 Å². The number of hydrogen-bond donors (Lipinski definition) is 1. The lowest BCUT2D eigenvalue weighted by Crippen LogP contribution is -2.54. The highest BCUT2D eigenvalue weighted by Gasteiger charge is 2.36. The van der Waals surface area contributed by atoms with Crippen LogP contribution < -0.4 is 10.1 Å². The molecule has 1 aliphatic rings. The van der Waals surface area contributed by atoms with E-state index in [-0.39, 0.29) is 23.6 Å². The number of carbonyl (C=O) groups excluding carboxylic acids is 3. The van der Waals surface area contributed by atoms with Gasteiger partial charge in [-0.3, -0.25) is 14.4 Å². The van der Waals surface area contributed by atoms with E-state index in [1.807, 2.05) is 13.8 Å². The molecule has 1 unspecified atom stereocenters. The largest absolute Gasteiger partial charge is 0.497 e. The van der Waals surface area contributed by atoms with Crippen LogP contribution in [0.3, 0.4) is 0 Å². The first-order valence-electron chi connectivity index (χ1n) is 11.0. The molecular weight excluding hydrogens is 410 g/mol. The maximum absolute atomic E-state index is 13.3. The minimum atomic E-state index is -0.648. The van der Waals surface area contributed by atoms with Crippen LogP contribution in [0, 0.1) is 5.92 Å². The summed E-state index contributed by atoms with van der Waals surface area (Å²) in [4.78, 5) is 42.2. The molecule has 3 amide bonds. The highest BCUT2D eigenvalue weighted by molar-refractivity contribution is 5.97. The Morgan fingerprint density at radius 3 is 2.31 bits per heavy atom. The number of carbonyl (C=O) groups is 3. The molecule has 0 saturated carbocycles. The van der Waals surface area contributed by atoms with Gasteiger partial charge in [0.2, 0.25) is 5.91 Å². The molecule has 2 heterocycles.